The van der Waals surface area contributed by atoms with Crippen LogP contribution in [-0.4, -0.2) is 66.9 Å². The lowest BCUT2D eigenvalue weighted by molar-refractivity contribution is -0.139. The number of carbonyl (C=O) groups excluding carboxylic acids is 1. The molecule has 1 aromatic carbocycles. The monoisotopic (exact) mass is 381 g/mol. The fraction of sp³-hybridized carbons (Fsp3) is 0.375. The Morgan fingerprint density at radius 1 is 1.27 bits per heavy atom. The lowest BCUT2D eigenvalue weighted by atomic mass is 10.2. The highest BCUT2D eigenvalue weighted by Crippen LogP contribution is 2.37. The summed E-state index contributed by atoms with van der Waals surface area (Å²) in [5, 5.41) is 16.5. The number of amidine groups is 1. The molecule has 1 aromatic rings. The largest absolute Gasteiger partial charge is 0.493 e. The summed E-state index contributed by atoms with van der Waals surface area (Å²) in [6.07, 6.45) is 1.21. The molecule has 0 aliphatic carbocycles. The van der Waals surface area contributed by atoms with Crippen LogP contribution in [0.2, 0.25) is 0 Å². The van der Waals surface area contributed by atoms with Gasteiger partial charge >= 0.3 is 5.97 Å². The first kappa shape index (κ1) is 19.6. The number of aliphatic carboxylic acids is 1. The molecule has 1 unspecified atom stereocenters. The predicted molar refractivity (Wildman–Crippen MR) is 97.5 cm³/mol. The highest BCUT2D eigenvalue weighted by molar-refractivity contribution is 8.15. The minimum absolute atomic E-state index is 0.260. The van der Waals surface area contributed by atoms with Crippen molar-refractivity contribution < 1.29 is 28.9 Å². The van der Waals surface area contributed by atoms with Crippen LogP contribution in [0.15, 0.2) is 22.3 Å². The molecule has 0 aromatic heterocycles. The van der Waals surface area contributed by atoms with E-state index in [1.54, 1.807) is 12.1 Å². The molecule has 0 spiro atoms. The molecule has 1 amide bonds. The van der Waals surface area contributed by atoms with Crippen molar-refractivity contribution in [3.63, 3.8) is 0 Å². The number of thioether (sulfide) groups is 1. The van der Waals surface area contributed by atoms with Gasteiger partial charge in [0.1, 0.15) is 5.25 Å². The number of nitrogens with zero attached hydrogens (tertiary/aromatic N) is 3. The predicted octanol–water partition coefficient (Wildman–Crippen LogP) is 1.45. The molecule has 1 aliphatic heterocycles. The van der Waals surface area contributed by atoms with E-state index < -0.39 is 11.2 Å². The Hall–Kier alpha value is -2.75. The van der Waals surface area contributed by atoms with Crippen LogP contribution >= 0.6 is 11.8 Å². The number of carboxylic acids is 1. The number of hydrogen-bond donors (Lipinski definition) is 1. The van der Waals surface area contributed by atoms with Crippen LogP contribution in [0.4, 0.5) is 0 Å². The van der Waals surface area contributed by atoms with Crippen LogP contribution in [0, 0.1) is 0 Å². The fourth-order valence-corrected chi connectivity index (χ4v) is 3.35. The normalized spacial score (nSPS) is 18.6. The maximum atomic E-state index is 12.0. The van der Waals surface area contributed by atoms with Gasteiger partial charge in [0.05, 0.1) is 34.0 Å². The number of benzene rings is 1. The smallest absolute Gasteiger partial charge is 0.305 e. The van der Waals surface area contributed by atoms with Gasteiger partial charge in [-0.3, -0.25) is 14.5 Å². The van der Waals surface area contributed by atoms with E-state index in [0.29, 0.717) is 28.0 Å². The van der Waals surface area contributed by atoms with Gasteiger partial charge in [-0.15, -0.1) is 5.10 Å². The Kier molecular flexibility index (Phi) is 6.45. The molecule has 26 heavy (non-hydrogen) atoms. The third kappa shape index (κ3) is 4.26. The van der Waals surface area contributed by atoms with Crippen molar-refractivity contribution in [3.05, 3.63) is 17.7 Å². The van der Waals surface area contributed by atoms with Crippen molar-refractivity contribution >= 4 is 35.0 Å². The molecule has 0 saturated carbocycles. The number of methoxy groups -OCH3 is 3. The molecule has 0 bridgehead atoms. The molecule has 1 saturated heterocycles. The Morgan fingerprint density at radius 3 is 2.38 bits per heavy atom. The highest BCUT2D eigenvalue weighted by atomic mass is 32.2. The second kappa shape index (κ2) is 8.56. The Morgan fingerprint density at radius 2 is 1.88 bits per heavy atom. The summed E-state index contributed by atoms with van der Waals surface area (Å²) >= 11 is 1.07. The van der Waals surface area contributed by atoms with Crippen LogP contribution < -0.4 is 14.2 Å². The van der Waals surface area contributed by atoms with Crippen LogP contribution in [-0.2, 0) is 9.59 Å². The van der Waals surface area contributed by atoms with Crippen molar-refractivity contribution in [2.75, 3.05) is 28.4 Å². The molecular formula is C16H19N3O6S. The van der Waals surface area contributed by atoms with Crippen LogP contribution in [0.5, 0.6) is 17.2 Å². The maximum Gasteiger partial charge on any atom is 0.305 e. The summed E-state index contributed by atoms with van der Waals surface area (Å²) in [4.78, 5) is 24.1. The Balaban J connectivity index is 2.21. The number of carboxylic acid groups (broad SMARTS) is 1. The molecule has 1 fully saturated rings. The van der Waals surface area contributed by atoms with E-state index in [9.17, 15) is 9.59 Å². The SMILES string of the molecule is COc1cc(/C=N/N=C2\SC(CC(=O)O)C(=O)N2C)cc(OC)c1OC. The Labute approximate surface area is 154 Å². The number of amides is 1. The van der Waals surface area contributed by atoms with E-state index in [2.05, 4.69) is 10.2 Å². The van der Waals surface area contributed by atoms with Gasteiger partial charge in [-0.1, -0.05) is 11.8 Å². The topological polar surface area (TPSA) is 110 Å². The molecular weight excluding hydrogens is 362 g/mol. The number of rotatable bonds is 7. The zero-order chi connectivity index (χ0) is 19.3. The second-order valence-electron chi connectivity index (χ2n) is 5.19. The number of ether oxygens (including phenoxy) is 3. The lowest BCUT2D eigenvalue weighted by Crippen LogP contribution is -2.28. The minimum Gasteiger partial charge on any atom is -0.493 e. The van der Waals surface area contributed by atoms with Crippen LogP contribution in [0.1, 0.15) is 12.0 Å². The molecule has 1 aliphatic rings. The van der Waals surface area contributed by atoms with Gasteiger partial charge in [0.2, 0.25) is 11.7 Å². The van der Waals surface area contributed by atoms with Gasteiger partial charge in [0.25, 0.3) is 0 Å². The van der Waals surface area contributed by atoms with E-state index in [-0.39, 0.29) is 12.3 Å². The molecule has 0 radical (unpaired) electrons. The molecule has 140 valence electrons. The van der Waals surface area contributed by atoms with Crippen molar-refractivity contribution in [3.8, 4) is 17.2 Å². The summed E-state index contributed by atoms with van der Waals surface area (Å²) < 4.78 is 15.8. The quantitative estimate of drug-likeness (QED) is 0.562. The van der Waals surface area contributed by atoms with E-state index >= 15 is 0 Å². The van der Waals surface area contributed by atoms with Gasteiger partial charge in [0.15, 0.2) is 16.7 Å². The molecule has 2 rings (SSSR count). The van der Waals surface area contributed by atoms with Crippen molar-refractivity contribution in [2.45, 2.75) is 11.7 Å². The first-order chi connectivity index (χ1) is 12.4. The van der Waals surface area contributed by atoms with Crippen LogP contribution in [0.3, 0.4) is 0 Å². The molecule has 9 nitrogen and oxygen atoms in total. The number of hydrogen-bond acceptors (Lipinski definition) is 8. The maximum absolute atomic E-state index is 12.0. The molecule has 1 heterocycles. The summed E-state index contributed by atoms with van der Waals surface area (Å²) in [6, 6.07) is 3.41. The lowest BCUT2D eigenvalue weighted by Gasteiger charge is -2.12. The van der Waals surface area contributed by atoms with Crippen LogP contribution in [0.25, 0.3) is 0 Å². The zero-order valence-electron chi connectivity index (χ0n) is 14.8. The minimum atomic E-state index is -1.04. The highest BCUT2D eigenvalue weighted by Gasteiger charge is 2.37. The standard InChI is InChI=1S/C16H19N3O6S/c1-19-15(22)12(7-13(20)21)26-16(19)18-17-8-9-5-10(23-2)14(25-4)11(6-9)24-3/h5-6,8,12H,7H2,1-4H3,(H,20,21)/b17-8+,18-16-. The third-order valence-corrected chi connectivity index (χ3v) is 4.76. The summed E-state index contributed by atoms with van der Waals surface area (Å²) in [7, 11) is 6.07. The third-order valence-electron chi connectivity index (χ3n) is 3.54. The summed E-state index contributed by atoms with van der Waals surface area (Å²) in [5.74, 6) is 0.0761. The van der Waals surface area contributed by atoms with Gasteiger partial charge in [-0.25, -0.2) is 0 Å². The molecule has 1 atom stereocenters. The van der Waals surface area contributed by atoms with Crippen molar-refractivity contribution in [1.29, 1.82) is 0 Å². The Bertz CT molecular complexity index is 739. The molecule has 1 N–H and O–H groups in total. The first-order valence-electron chi connectivity index (χ1n) is 7.48. The summed E-state index contributed by atoms with van der Waals surface area (Å²) in [6.45, 7) is 0. The van der Waals surface area contributed by atoms with E-state index in [4.69, 9.17) is 19.3 Å². The van der Waals surface area contributed by atoms with Gasteiger partial charge < -0.3 is 19.3 Å². The van der Waals surface area contributed by atoms with E-state index in [1.165, 1.54) is 39.5 Å². The molecule has 10 heteroatoms. The van der Waals surface area contributed by atoms with Crippen molar-refractivity contribution in [1.82, 2.24) is 4.90 Å². The van der Waals surface area contributed by atoms with Gasteiger partial charge in [-0.05, 0) is 12.1 Å². The van der Waals surface area contributed by atoms with E-state index in [0.717, 1.165) is 11.8 Å². The number of carbonyl (C=O) groups is 2. The second-order valence-corrected chi connectivity index (χ2v) is 6.36. The van der Waals surface area contributed by atoms with Crippen molar-refractivity contribution in [2.24, 2.45) is 10.2 Å². The average molecular weight is 381 g/mol. The van der Waals surface area contributed by atoms with E-state index in [1.807, 2.05) is 0 Å². The summed E-state index contributed by atoms with van der Waals surface area (Å²) in [5.41, 5.74) is 0.655. The fourth-order valence-electron chi connectivity index (χ4n) is 2.27. The average Bonchev–Trinajstić information content (AvgIpc) is 2.88. The van der Waals surface area contributed by atoms with Gasteiger partial charge in [-0.2, -0.15) is 5.10 Å². The zero-order valence-corrected chi connectivity index (χ0v) is 15.6. The first-order valence-corrected chi connectivity index (χ1v) is 8.36. The van der Waals surface area contributed by atoms with Gasteiger partial charge in [0, 0.05) is 12.6 Å².